The largest absolute Gasteiger partial charge is 0.466 e. The highest BCUT2D eigenvalue weighted by Gasteiger charge is 2.44. The molecule has 0 aromatic heterocycles. The van der Waals surface area contributed by atoms with Crippen molar-refractivity contribution in [2.75, 3.05) is 39.6 Å². The molecule has 2 N–H and O–H groups in total. The van der Waals surface area contributed by atoms with E-state index in [9.17, 15) is 34.2 Å². The Kier molecular flexibility index (Phi) is 68.5. The second kappa shape index (κ2) is 70.6. The molecule has 1 atom stereocenters. The van der Waals surface area contributed by atoms with Crippen LogP contribution >= 0.6 is 0 Å². The number of carbonyl (C=O) groups excluding carboxylic acids is 5. The Bertz CT molecular complexity index is 1590. The standard InChI is InChI=1S/C81H154O12/c1-5-9-13-17-21-25-29-33-37-39-43-47-51-55-59-63-67-89-77(85)69-81(88,79(87)90-68-64-60-56-52-48-44-40-38-34-30-26-22-18-14-10-6-2)70-78(86)93-74-80(71-82,72-91-75(83)65-61-57-53-49-45-41-35-31-27-23-19-15-11-7-3)73-92-76(84)66-62-58-54-50-46-42-36-32-28-24-20-16-12-8-4/h82,88H,5-74H2,1-4H3. The molecule has 0 saturated carbocycles. The summed E-state index contributed by atoms with van der Waals surface area (Å²) in [6.45, 7) is 7.18. The topological polar surface area (TPSA) is 172 Å². The zero-order valence-electron chi connectivity index (χ0n) is 62.0. The molecule has 0 aliphatic heterocycles. The van der Waals surface area contributed by atoms with Crippen LogP contribution in [0.1, 0.15) is 439 Å². The van der Waals surface area contributed by atoms with E-state index in [1.54, 1.807) is 0 Å². The summed E-state index contributed by atoms with van der Waals surface area (Å²) in [6.07, 6.45) is 70.7. The molecular formula is C81H154O12. The average Bonchev–Trinajstić information content (AvgIpc) is 1.01. The summed E-state index contributed by atoms with van der Waals surface area (Å²) in [7, 11) is 0. The SMILES string of the molecule is CCCCCCCCCCCCCCCCCCOC(=O)CC(O)(CC(=O)OCC(CO)(COC(=O)CCCCCCCCCCCCCCCC)COC(=O)CCCCCCCCCCCCCCCC)C(=O)OCCCCCCCCCCCCCCCCCC. The quantitative estimate of drug-likeness (QED) is 0.0336. The molecule has 0 aliphatic carbocycles. The minimum absolute atomic E-state index is 0.0198. The second-order valence-electron chi connectivity index (χ2n) is 28.7. The van der Waals surface area contributed by atoms with E-state index in [1.165, 1.54) is 283 Å². The first-order valence-electron chi connectivity index (χ1n) is 40.6. The monoisotopic (exact) mass is 1320 g/mol. The summed E-state index contributed by atoms with van der Waals surface area (Å²) in [5, 5.41) is 22.9. The van der Waals surface area contributed by atoms with Gasteiger partial charge in [-0.2, -0.15) is 0 Å². The third kappa shape index (κ3) is 62.5. The van der Waals surface area contributed by atoms with Gasteiger partial charge < -0.3 is 33.9 Å². The average molecular weight is 1320 g/mol. The number of esters is 5. The number of hydrogen-bond donors (Lipinski definition) is 2. The van der Waals surface area contributed by atoms with Gasteiger partial charge in [0.1, 0.15) is 19.8 Å². The van der Waals surface area contributed by atoms with Crippen LogP contribution in [0.2, 0.25) is 0 Å². The highest BCUT2D eigenvalue weighted by Crippen LogP contribution is 2.26. The Labute approximate surface area is 574 Å². The maximum Gasteiger partial charge on any atom is 0.339 e. The first-order chi connectivity index (χ1) is 45.5. The van der Waals surface area contributed by atoms with Crippen LogP contribution in [0, 0.1) is 5.41 Å². The maximum absolute atomic E-state index is 13.8. The van der Waals surface area contributed by atoms with E-state index in [0.29, 0.717) is 25.7 Å². The minimum Gasteiger partial charge on any atom is -0.466 e. The van der Waals surface area contributed by atoms with Crippen LogP contribution in [-0.2, 0) is 47.7 Å². The molecule has 550 valence electrons. The van der Waals surface area contributed by atoms with Crippen molar-refractivity contribution in [2.24, 2.45) is 5.41 Å². The van der Waals surface area contributed by atoms with E-state index in [-0.39, 0.29) is 26.1 Å². The van der Waals surface area contributed by atoms with Crippen molar-refractivity contribution in [3.8, 4) is 0 Å². The third-order valence-electron chi connectivity index (χ3n) is 19.2. The van der Waals surface area contributed by atoms with Gasteiger partial charge in [-0.15, -0.1) is 0 Å². The van der Waals surface area contributed by atoms with E-state index < -0.39 is 80.1 Å². The molecule has 0 spiro atoms. The van der Waals surface area contributed by atoms with Crippen LogP contribution in [0.15, 0.2) is 0 Å². The zero-order valence-corrected chi connectivity index (χ0v) is 62.0. The van der Waals surface area contributed by atoms with Gasteiger partial charge in [0.05, 0.1) is 38.1 Å². The van der Waals surface area contributed by atoms with Crippen molar-refractivity contribution in [3.05, 3.63) is 0 Å². The molecule has 0 rings (SSSR count). The number of carbonyl (C=O) groups is 5. The highest BCUT2D eigenvalue weighted by atomic mass is 16.6. The van der Waals surface area contributed by atoms with Gasteiger partial charge in [0.15, 0.2) is 5.60 Å². The summed E-state index contributed by atoms with van der Waals surface area (Å²) in [5.41, 5.74) is -4.11. The third-order valence-corrected chi connectivity index (χ3v) is 19.2. The number of ether oxygens (including phenoxy) is 5. The van der Waals surface area contributed by atoms with Crippen molar-refractivity contribution >= 4 is 29.8 Å². The summed E-state index contributed by atoms with van der Waals surface area (Å²) in [6, 6.07) is 0. The number of aliphatic hydroxyl groups excluding tert-OH is 1. The van der Waals surface area contributed by atoms with E-state index >= 15 is 0 Å². The van der Waals surface area contributed by atoms with E-state index in [2.05, 4.69) is 27.7 Å². The Balaban J connectivity index is 5.57. The van der Waals surface area contributed by atoms with Crippen LogP contribution in [-0.4, -0.2) is 85.3 Å². The Morgan fingerprint density at radius 2 is 0.441 bits per heavy atom. The summed E-state index contributed by atoms with van der Waals surface area (Å²) in [5.74, 6) is -3.91. The molecule has 0 fully saturated rings. The molecule has 0 saturated heterocycles. The summed E-state index contributed by atoms with van der Waals surface area (Å²) in [4.78, 5) is 67.3. The van der Waals surface area contributed by atoms with E-state index in [0.717, 1.165) is 77.0 Å². The van der Waals surface area contributed by atoms with Gasteiger partial charge in [-0.25, -0.2) is 4.79 Å². The predicted octanol–water partition coefficient (Wildman–Crippen LogP) is 23.5. The van der Waals surface area contributed by atoms with Crippen molar-refractivity contribution in [3.63, 3.8) is 0 Å². The number of unbranched alkanes of at least 4 members (excludes halogenated alkanes) is 56. The fraction of sp³-hybridized carbons (Fsp3) is 0.938. The lowest BCUT2D eigenvalue weighted by Gasteiger charge is -2.31. The molecule has 1 unspecified atom stereocenters. The Hall–Kier alpha value is -2.73. The lowest BCUT2D eigenvalue weighted by Crippen LogP contribution is -2.46. The van der Waals surface area contributed by atoms with Crippen molar-refractivity contribution in [1.29, 1.82) is 0 Å². The molecular weight excluding hydrogens is 1160 g/mol. The predicted molar refractivity (Wildman–Crippen MR) is 387 cm³/mol. The molecule has 0 aromatic carbocycles. The van der Waals surface area contributed by atoms with E-state index in [4.69, 9.17) is 23.7 Å². The number of hydrogen-bond acceptors (Lipinski definition) is 12. The number of aliphatic hydroxyl groups is 2. The van der Waals surface area contributed by atoms with Crippen molar-refractivity contribution < 1.29 is 57.9 Å². The Morgan fingerprint density at radius 1 is 0.247 bits per heavy atom. The zero-order chi connectivity index (χ0) is 67.9. The fourth-order valence-corrected chi connectivity index (χ4v) is 12.6. The van der Waals surface area contributed by atoms with Crippen molar-refractivity contribution in [1.82, 2.24) is 0 Å². The Morgan fingerprint density at radius 3 is 0.677 bits per heavy atom. The molecule has 0 heterocycles. The molecule has 0 aliphatic rings. The van der Waals surface area contributed by atoms with Gasteiger partial charge in [-0.3, -0.25) is 19.2 Å². The maximum atomic E-state index is 13.8. The molecule has 0 amide bonds. The normalized spacial score (nSPS) is 12.3. The van der Waals surface area contributed by atoms with Crippen LogP contribution in [0.25, 0.3) is 0 Å². The molecule has 0 aromatic rings. The molecule has 93 heavy (non-hydrogen) atoms. The molecule has 0 radical (unpaired) electrons. The van der Waals surface area contributed by atoms with Crippen LogP contribution < -0.4 is 0 Å². The summed E-state index contributed by atoms with van der Waals surface area (Å²) < 4.78 is 28.3. The lowest BCUT2D eigenvalue weighted by molar-refractivity contribution is -0.180. The molecule has 12 nitrogen and oxygen atoms in total. The van der Waals surface area contributed by atoms with Crippen molar-refractivity contribution in [2.45, 2.75) is 444 Å². The van der Waals surface area contributed by atoms with Gasteiger partial charge in [-0.1, -0.05) is 387 Å². The van der Waals surface area contributed by atoms with Crippen LogP contribution in [0.4, 0.5) is 0 Å². The minimum atomic E-state index is -2.58. The highest BCUT2D eigenvalue weighted by molar-refractivity contribution is 5.90. The molecule has 12 heteroatoms. The summed E-state index contributed by atoms with van der Waals surface area (Å²) >= 11 is 0. The van der Waals surface area contributed by atoms with Gasteiger partial charge in [0.25, 0.3) is 0 Å². The van der Waals surface area contributed by atoms with Gasteiger partial charge >= 0.3 is 29.8 Å². The van der Waals surface area contributed by atoms with Crippen LogP contribution in [0.5, 0.6) is 0 Å². The van der Waals surface area contributed by atoms with Gasteiger partial charge in [0, 0.05) is 12.8 Å². The smallest absolute Gasteiger partial charge is 0.339 e. The fourth-order valence-electron chi connectivity index (χ4n) is 12.6. The lowest BCUT2D eigenvalue weighted by atomic mass is 9.92. The first-order valence-corrected chi connectivity index (χ1v) is 40.6. The van der Waals surface area contributed by atoms with E-state index in [1.807, 2.05) is 0 Å². The van der Waals surface area contributed by atoms with Crippen LogP contribution in [0.3, 0.4) is 0 Å². The van der Waals surface area contributed by atoms with Gasteiger partial charge in [0.2, 0.25) is 0 Å². The first kappa shape index (κ1) is 90.3. The van der Waals surface area contributed by atoms with Gasteiger partial charge in [-0.05, 0) is 25.7 Å². The molecule has 0 bridgehead atoms. The number of rotatable bonds is 76. The second-order valence-corrected chi connectivity index (χ2v) is 28.7.